The SMILES string of the molecule is Nc1ccccc1Sc1ccc(Br)cc1[N+](=O)[O-]. The maximum absolute atomic E-state index is 11.0. The number of anilines is 1. The maximum atomic E-state index is 11.0. The summed E-state index contributed by atoms with van der Waals surface area (Å²) in [5.74, 6) is 0. The van der Waals surface area contributed by atoms with Crippen molar-refractivity contribution in [3.05, 3.63) is 57.1 Å². The Balaban J connectivity index is 2.41. The molecule has 0 saturated heterocycles. The number of hydrogen-bond acceptors (Lipinski definition) is 4. The van der Waals surface area contributed by atoms with Gasteiger partial charge in [-0.1, -0.05) is 39.8 Å². The number of halogens is 1. The molecule has 0 aliphatic rings. The van der Waals surface area contributed by atoms with Crippen LogP contribution < -0.4 is 5.73 Å². The third-order valence-electron chi connectivity index (χ3n) is 2.26. The number of para-hydroxylation sites is 1. The summed E-state index contributed by atoms with van der Waals surface area (Å²) in [7, 11) is 0. The van der Waals surface area contributed by atoms with Crippen LogP contribution in [0.4, 0.5) is 11.4 Å². The molecule has 0 fully saturated rings. The van der Waals surface area contributed by atoms with Gasteiger partial charge in [-0.3, -0.25) is 10.1 Å². The van der Waals surface area contributed by atoms with Gasteiger partial charge in [-0.15, -0.1) is 0 Å². The smallest absolute Gasteiger partial charge is 0.284 e. The van der Waals surface area contributed by atoms with Crippen LogP contribution in [0.3, 0.4) is 0 Å². The van der Waals surface area contributed by atoms with Gasteiger partial charge in [0.25, 0.3) is 5.69 Å². The Hall–Kier alpha value is -1.53. The molecule has 0 aromatic heterocycles. The van der Waals surface area contributed by atoms with E-state index in [1.807, 2.05) is 18.2 Å². The molecule has 0 atom stereocenters. The topological polar surface area (TPSA) is 69.2 Å². The summed E-state index contributed by atoms with van der Waals surface area (Å²) >= 11 is 4.52. The second kappa shape index (κ2) is 5.41. The first-order chi connectivity index (χ1) is 8.58. The van der Waals surface area contributed by atoms with Crippen molar-refractivity contribution >= 4 is 39.1 Å². The second-order valence-electron chi connectivity index (χ2n) is 3.51. The Kier molecular flexibility index (Phi) is 3.88. The number of nitrogen functional groups attached to an aromatic ring is 1. The fourth-order valence-corrected chi connectivity index (χ4v) is 2.70. The molecule has 92 valence electrons. The molecule has 6 heteroatoms. The first-order valence-electron chi connectivity index (χ1n) is 5.04. The number of rotatable bonds is 3. The van der Waals surface area contributed by atoms with Gasteiger partial charge in [0.15, 0.2) is 0 Å². The normalized spacial score (nSPS) is 10.3. The third-order valence-corrected chi connectivity index (χ3v) is 3.91. The quantitative estimate of drug-likeness (QED) is 0.524. The maximum Gasteiger partial charge on any atom is 0.284 e. The Morgan fingerprint density at radius 3 is 2.56 bits per heavy atom. The van der Waals surface area contributed by atoms with Crippen LogP contribution in [0, 0.1) is 10.1 Å². The lowest BCUT2D eigenvalue weighted by Gasteiger charge is -2.05. The molecule has 0 aliphatic heterocycles. The van der Waals surface area contributed by atoms with E-state index in [1.54, 1.807) is 18.2 Å². The van der Waals surface area contributed by atoms with Crippen LogP contribution in [0.15, 0.2) is 56.7 Å². The molecule has 18 heavy (non-hydrogen) atoms. The van der Waals surface area contributed by atoms with E-state index in [4.69, 9.17) is 5.73 Å². The largest absolute Gasteiger partial charge is 0.398 e. The Morgan fingerprint density at radius 2 is 1.89 bits per heavy atom. The van der Waals surface area contributed by atoms with Crippen LogP contribution in [-0.2, 0) is 0 Å². The van der Waals surface area contributed by atoms with Crippen molar-refractivity contribution < 1.29 is 4.92 Å². The summed E-state index contributed by atoms with van der Waals surface area (Å²) in [4.78, 5) is 12.0. The van der Waals surface area contributed by atoms with E-state index >= 15 is 0 Å². The predicted octanol–water partition coefficient (Wildman–Crippen LogP) is 4.09. The Bertz CT molecular complexity index is 604. The molecule has 0 radical (unpaired) electrons. The van der Waals surface area contributed by atoms with Gasteiger partial charge in [0.2, 0.25) is 0 Å². The minimum absolute atomic E-state index is 0.0672. The van der Waals surface area contributed by atoms with Crippen LogP contribution in [-0.4, -0.2) is 4.92 Å². The predicted molar refractivity (Wildman–Crippen MR) is 75.8 cm³/mol. The van der Waals surface area contributed by atoms with Gasteiger partial charge in [-0.05, 0) is 24.3 Å². The Labute approximate surface area is 116 Å². The van der Waals surface area contributed by atoms with Crippen LogP contribution >= 0.6 is 27.7 Å². The van der Waals surface area contributed by atoms with E-state index in [9.17, 15) is 10.1 Å². The summed E-state index contributed by atoms with van der Waals surface area (Å²) < 4.78 is 0.680. The third kappa shape index (κ3) is 2.83. The van der Waals surface area contributed by atoms with Crippen LogP contribution in [0.1, 0.15) is 0 Å². The summed E-state index contributed by atoms with van der Waals surface area (Å²) in [5.41, 5.74) is 6.50. The zero-order chi connectivity index (χ0) is 13.1. The molecule has 0 bridgehead atoms. The van der Waals surface area contributed by atoms with Crippen molar-refractivity contribution in [1.82, 2.24) is 0 Å². The molecule has 2 aromatic rings. The van der Waals surface area contributed by atoms with E-state index in [0.717, 1.165) is 4.90 Å². The molecule has 0 saturated carbocycles. The van der Waals surface area contributed by atoms with Crippen molar-refractivity contribution in [3.8, 4) is 0 Å². The first kappa shape index (κ1) is 12.9. The number of nitro groups is 1. The highest BCUT2D eigenvalue weighted by Crippen LogP contribution is 2.38. The monoisotopic (exact) mass is 324 g/mol. The van der Waals surface area contributed by atoms with E-state index < -0.39 is 4.92 Å². The van der Waals surface area contributed by atoms with Gasteiger partial charge < -0.3 is 5.73 Å². The summed E-state index contributed by atoms with van der Waals surface area (Å²) in [5, 5.41) is 11.0. The highest BCUT2D eigenvalue weighted by Gasteiger charge is 2.15. The zero-order valence-electron chi connectivity index (χ0n) is 9.17. The fourth-order valence-electron chi connectivity index (χ4n) is 1.41. The molecule has 0 aliphatic carbocycles. The lowest BCUT2D eigenvalue weighted by atomic mass is 10.3. The molecule has 2 aromatic carbocycles. The van der Waals surface area contributed by atoms with Crippen molar-refractivity contribution in [3.63, 3.8) is 0 Å². The minimum atomic E-state index is -0.397. The van der Waals surface area contributed by atoms with Crippen molar-refractivity contribution in [1.29, 1.82) is 0 Å². The second-order valence-corrected chi connectivity index (χ2v) is 5.51. The molecule has 0 amide bonds. The molecule has 0 unspecified atom stereocenters. The van der Waals surface area contributed by atoms with Gasteiger partial charge in [-0.2, -0.15) is 0 Å². The van der Waals surface area contributed by atoms with Gasteiger partial charge in [0.05, 0.1) is 9.82 Å². The minimum Gasteiger partial charge on any atom is -0.398 e. The van der Waals surface area contributed by atoms with Gasteiger partial charge in [0, 0.05) is 21.1 Å². The van der Waals surface area contributed by atoms with E-state index in [0.29, 0.717) is 15.1 Å². The van der Waals surface area contributed by atoms with E-state index in [1.165, 1.54) is 17.8 Å². The van der Waals surface area contributed by atoms with Crippen molar-refractivity contribution in [2.24, 2.45) is 0 Å². The number of nitro benzene ring substituents is 1. The number of nitrogens with two attached hydrogens (primary N) is 1. The summed E-state index contributed by atoms with van der Waals surface area (Å²) in [6.07, 6.45) is 0. The lowest BCUT2D eigenvalue weighted by Crippen LogP contribution is -1.92. The molecule has 2 N–H and O–H groups in total. The molecular weight excluding hydrogens is 316 g/mol. The molecule has 0 heterocycles. The number of nitrogens with zero attached hydrogens (tertiary/aromatic N) is 1. The lowest BCUT2D eigenvalue weighted by molar-refractivity contribution is -0.387. The number of benzene rings is 2. The van der Waals surface area contributed by atoms with E-state index in [2.05, 4.69) is 15.9 Å². The van der Waals surface area contributed by atoms with Crippen molar-refractivity contribution in [2.75, 3.05) is 5.73 Å². The van der Waals surface area contributed by atoms with Crippen LogP contribution in [0.25, 0.3) is 0 Å². The average molecular weight is 325 g/mol. The molecular formula is C12H9BrN2O2S. The van der Waals surface area contributed by atoms with Gasteiger partial charge in [0.1, 0.15) is 0 Å². The van der Waals surface area contributed by atoms with Crippen LogP contribution in [0.2, 0.25) is 0 Å². The molecule has 2 rings (SSSR count). The summed E-state index contributed by atoms with van der Waals surface area (Å²) in [6, 6.07) is 12.3. The first-order valence-corrected chi connectivity index (χ1v) is 6.65. The van der Waals surface area contributed by atoms with Gasteiger partial charge in [-0.25, -0.2) is 0 Å². The molecule has 4 nitrogen and oxygen atoms in total. The average Bonchev–Trinajstić information content (AvgIpc) is 2.34. The Morgan fingerprint density at radius 1 is 1.17 bits per heavy atom. The standard InChI is InChI=1S/C12H9BrN2O2S/c13-8-5-6-12(10(7-8)15(16)17)18-11-4-2-1-3-9(11)14/h1-7H,14H2. The molecule has 0 spiro atoms. The fraction of sp³-hybridized carbons (Fsp3) is 0. The zero-order valence-corrected chi connectivity index (χ0v) is 11.6. The number of hydrogen-bond donors (Lipinski definition) is 1. The van der Waals surface area contributed by atoms with Crippen LogP contribution in [0.5, 0.6) is 0 Å². The highest BCUT2D eigenvalue weighted by molar-refractivity contribution is 9.10. The van der Waals surface area contributed by atoms with Crippen molar-refractivity contribution in [2.45, 2.75) is 9.79 Å². The van der Waals surface area contributed by atoms with Gasteiger partial charge >= 0.3 is 0 Å². The highest BCUT2D eigenvalue weighted by atomic mass is 79.9. The summed E-state index contributed by atoms with van der Waals surface area (Å²) in [6.45, 7) is 0. The van der Waals surface area contributed by atoms with E-state index in [-0.39, 0.29) is 5.69 Å².